The summed E-state index contributed by atoms with van der Waals surface area (Å²) >= 11 is 0. The topological polar surface area (TPSA) is 77.2 Å². The molecule has 1 amide bonds. The highest BCUT2D eigenvalue weighted by atomic mass is 16.5. The summed E-state index contributed by atoms with van der Waals surface area (Å²) in [6.07, 6.45) is 1.59. The molecule has 2 aromatic rings. The van der Waals surface area contributed by atoms with Gasteiger partial charge in [0.1, 0.15) is 11.8 Å². The summed E-state index contributed by atoms with van der Waals surface area (Å²) in [5.74, 6) is 2.71. The van der Waals surface area contributed by atoms with Crippen molar-refractivity contribution in [2.45, 2.75) is 78.4 Å². The first-order valence-corrected chi connectivity index (χ1v) is 10.2. The van der Waals surface area contributed by atoms with E-state index in [1.54, 1.807) is 6.92 Å². The van der Waals surface area contributed by atoms with Gasteiger partial charge in [0.15, 0.2) is 11.9 Å². The van der Waals surface area contributed by atoms with E-state index in [-0.39, 0.29) is 17.9 Å². The van der Waals surface area contributed by atoms with Crippen LogP contribution in [0.2, 0.25) is 0 Å². The summed E-state index contributed by atoms with van der Waals surface area (Å²) < 4.78 is 11.3. The zero-order valence-electron chi connectivity index (χ0n) is 17.7. The molecular weight excluding hydrogens is 354 g/mol. The molecule has 152 valence electrons. The first kappa shape index (κ1) is 20.4. The standard InChI is InChI=1S/C22H31N3O3/c1-12(2)18-10-9-17(11-14(18)5)27-15(6)21(26)23-19(13(3)4)22-24-20(25-28-22)16-7-8-16/h9-13,15-16,19H,7-8H2,1-6H3,(H,23,26). The normalized spacial score (nSPS) is 16.3. The number of aromatic nitrogens is 2. The van der Waals surface area contributed by atoms with Crippen molar-refractivity contribution in [2.24, 2.45) is 5.92 Å². The van der Waals surface area contributed by atoms with Crippen LogP contribution in [0.25, 0.3) is 0 Å². The van der Waals surface area contributed by atoms with Crippen LogP contribution in [0.15, 0.2) is 22.7 Å². The monoisotopic (exact) mass is 385 g/mol. The van der Waals surface area contributed by atoms with E-state index < -0.39 is 6.10 Å². The Labute approximate surface area is 167 Å². The molecule has 1 aliphatic rings. The highest BCUT2D eigenvalue weighted by Gasteiger charge is 2.32. The quantitative estimate of drug-likeness (QED) is 0.715. The molecule has 3 rings (SSSR count). The Balaban J connectivity index is 1.65. The Kier molecular flexibility index (Phi) is 6.06. The van der Waals surface area contributed by atoms with Gasteiger partial charge >= 0.3 is 0 Å². The lowest BCUT2D eigenvalue weighted by Gasteiger charge is -2.22. The van der Waals surface area contributed by atoms with Crippen LogP contribution in [0.1, 0.15) is 88.2 Å². The molecule has 0 spiro atoms. The second kappa shape index (κ2) is 8.33. The van der Waals surface area contributed by atoms with Gasteiger partial charge in [0.25, 0.3) is 5.91 Å². The Morgan fingerprint density at radius 1 is 1.21 bits per heavy atom. The second-order valence-corrected chi connectivity index (χ2v) is 8.43. The van der Waals surface area contributed by atoms with E-state index in [0.717, 1.165) is 18.7 Å². The summed E-state index contributed by atoms with van der Waals surface area (Å²) in [6.45, 7) is 12.2. The van der Waals surface area contributed by atoms with Crippen molar-refractivity contribution in [3.63, 3.8) is 0 Å². The predicted octanol–water partition coefficient (Wildman–Crippen LogP) is 4.66. The van der Waals surface area contributed by atoms with E-state index in [0.29, 0.717) is 23.5 Å². The Morgan fingerprint density at radius 2 is 1.93 bits per heavy atom. The van der Waals surface area contributed by atoms with Crippen LogP contribution >= 0.6 is 0 Å². The van der Waals surface area contributed by atoms with Gasteiger partial charge in [-0.3, -0.25) is 4.79 Å². The molecule has 1 aromatic carbocycles. The van der Waals surface area contributed by atoms with E-state index >= 15 is 0 Å². The van der Waals surface area contributed by atoms with Gasteiger partial charge in [-0.05, 0) is 61.8 Å². The van der Waals surface area contributed by atoms with Crippen LogP contribution in [0, 0.1) is 12.8 Å². The lowest BCUT2D eigenvalue weighted by Crippen LogP contribution is -2.40. The van der Waals surface area contributed by atoms with Crippen LogP contribution in [-0.2, 0) is 4.79 Å². The number of aryl methyl sites for hydroxylation is 1. The average molecular weight is 386 g/mol. The molecule has 1 aromatic heterocycles. The number of carbonyl (C=O) groups excluding carboxylic acids is 1. The number of nitrogens with zero attached hydrogens (tertiary/aromatic N) is 2. The van der Waals surface area contributed by atoms with Crippen molar-refractivity contribution in [3.05, 3.63) is 41.0 Å². The van der Waals surface area contributed by atoms with Crippen LogP contribution in [0.3, 0.4) is 0 Å². The van der Waals surface area contributed by atoms with Gasteiger partial charge in [0.2, 0.25) is 5.89 Å². The fourth-order valence-electron chi connectivity index (χ4n) is 3.29. The molecule has 2 unspecified atom stereocenters. The number of nitrogens with one attached hydrogen (secondary N) is 1. The molecular formula is C22H31N3O3. The number of hydrogen-bond donors (Lipinski definition) is 1. The largest absolute Gasteiger partial charge is 0.481 e. The lowest BCUT2D eigenvalue weighted by molar-refractivity contribution is -0.128. The zero-order valence-corrected chi connectivity index (χ0v) is 17.7. The third-order valence-corrected chi connectivity index (χ3v) is 5.18. The van der Waals surface area contributed by atoms with E-state index in [1.165, 1.54) is 11.1 Å². The molecule has 1 aliphatic carbocycles. The summed E-state index contributed by atoms with van der Waals surface area (Å²) in [6, 6.07) is 5.64. The average Bonchev–Trinajstić information content (AvgIpc) is 3.36. The number of carbonyl (C=O) groups is 1. The summed E-state index contributed by atoms with van der Waals surface area (Å²) in [4.78, 5) is 17.2. The van der Waals surface area contributed by atoms with Crippen molar-refractivity contribution < 1.29 is 14.1 Å². The lowest BCUT2D eigenvalue weighted by atomic mass is 9.98. The minimum Gasteiger partial charge on any atom is -0.481 e. The van der Waals surface area contributed by atoms with E-state index in [9.17, 15) is 4.79 Å². The second-order valence-electron chi connectivity index (χ2n) is 8.43. The maximum Gasteiger partial charge on any atom is 0.261 e. The SMILES string of the molecule is Cc1cc(OC(C)C(=O)NC(c2nc(C3CC3)no2)C(C)C)ccc1C(C)C. The molecule has 1 saturated carbocycles. The first-order chi connectivity index (χ1) is 13.3. The van der Waals surface area contributed by atoms with Gasteiger partial charge in [-0.15, -0.1) is 0 Å². The third kappa shape index (κ3) is 4.72. The van der Waals surface area contributed by atoms with Crippen molar-refractivity contribution in [2.75, 3.05) is 0 Å². The third-order valence-electron chi connectivity index (χ3n) is 5.18. The van der Waals surface area contributed by atoms with Gasteiger partial charge in [0, 0.05) is 5.92 Å². The molecule has 0 saturated heterocycles. The first-order valence-electron chi connectivity index (χ1n) is 10.2. The van der Waals surface area contributed by atoms with Gasteiger partial charge in [-0.25, -0.2) is 0 Å². The number of ether oxygens (including phenoxy) is 1. The van der Waals surface area contributed by atoms with E-state index in [4.69, 9.17) is 9.26 Å². The van der Waals surface area contributed by atoms with Gasteiger partial charge in [-0.1, -0.05) is 38.9 Å². The number of amides is 1. The fraction of sp³-hybridized carbons (Fsp3) is 0.591. The molecule has 2 atom stereocenters. The van der Waals surface area contributed by atoms with Crippen molar-refractivity contribution in [1.82, 2.24) is 15.5 Å². The van der Waals surface area contributed by atoms with Crippen molar-refractivity contribution >= 4 is 5.91 Å². The molecule has 6 heteroatoms. The molecule has 0 radical (unpaired) electrons. The van der Waals surface area contributed by atoms with Gasteiger partial charge in [0.05, 0.1) is 0 Å². The van der Waals surface area contributed by atoms with Crippen molar-refractivity contribution in [1.29, 1.82) is 0 Å². The maximum absolute atomic E-state index is 12.7. The zero-order chi connectivity index (χ0) is 20.4. The predicted molar refractivity (Wildman–Crippen MR) is 107 cm³/mol. The highest BCUT2D eigenvalue weighted by Crippen LogP contribution is 2.38. The summed E-state index contributed by atoms with van der Waals surface area (Å²) in [5.41, 5.74) is 2.45. The minimum atomic E-state index is -0.628. The summed E-state index contributed by atoms with van der Waals surface area (Å²) in [7, 11) is 0. The smallest absolute Gasteiger partial charge is 0.261 e. The molecule has 1 fully saturated rings. The maximum atomic E-state index is 12.7. The number of benzene rings is 1. The molecule has 1 heterocycles. The fourth-order valence-corrected chi connectivity index (χ4v) is 3.29. The Morgan fingerprint density at radius 3 is 2.50 bits per heavy atom. The van der Waals surface area contributed by atoms with E-state index in [1.807, 2.05) is 26.0 Å². The van der Waals surface area contributed by atoms with Crippen LogP contribution < -0.4 is 10.1 Å². The minimum absolute atomic E-state index is 0.122. The molecule has 1 N–H and O–H groups in total. The molecule has 6 nitrogen and oxygen atoms in total. The van der Waals surface area contributed by atoms with Crippen LogP contribution in [0.4, 0.5) is 0 Å². The van der Waals surface area contributed by atoms with E-state index in [2.05, 4.69) is 42.3 Å². The molecule has 0 aliphatic heterocycles. The molecule has 0 bridgehead atoms. The van der Waals surface area contributed by atoms with Crippen LogP contribution in [-0.4, -0.2) is 22.2 Å². The van der Waals surface area contributed by atoms with Crippen molar-refractivity contribution in [3.8, 4) is 5.75 Å². The van der Waals surface area contributed by atoms with Gasteiger partial charge in [-0.2, -0.15) is 4.98 Å². The molecule has 28 heavy (non-hydrogen) atoms. The Bertz CT molecular complexity index is 824. The number of rotatable bonds is 8. The van der Waals surface area contributed by atoms with Crippen LogP contribution in [0.5, 0.6) is 5.75 Å². The highest BCUT2D eigenvalue weighted by molar-refractivity contribution is 5.81. The number of hydrogen-bond acceptors (Lipinski definition) is 5. The van der Waals surface area contributed by atoms with Gasteiger partial charge < -0.3 is 14.6 Å². The summed E-state index contributed by atoms with van der Waals surface area (Å²) in [5, 5.41) is 7.07. The Hall–Kier alpha value is -2.37.